The summed E-state index contributed by atoms with van der Waals surface area (Å²) in [6.45, 7) is 4.02. The fourth-order valence-electron chi connectivity index (χ4n) is 2.47. The molecule has 154 valence electrons. The van der Waals surface area contributed by atoms with Crippen LogP contribution in [0.25, 0.3) is 0 Å². The lowest BCUT2D eigenvalue weighted by Crippen LogP contribution is -2.24. The molecular formula is C20H23N3O6. The zero-order valence-corrected chi connectivity index (χ0v) is 16.4. The van der Waals surface area contributed by atoms with Gasteiger partial charge in [0, 0.05) is 11.6 Å². The average Bonchev–Trinajstić information content (AvgIpc) is 2.72. The summed E-state index contributed by atoms with van der Waals surface area (Å²) in [7, 11) is 1.27. The van der Waals surface area contributed by atoms with E-state index >= 15 is 0 Å². The number of carbonyl (C=O) groups is 1. The zero-order valence-electron chi connectivity index (χ0n) is 16.4. The van der Waals surface area contributed by atoms with Crippen LogP contribution in [0.1, 0.15) is 37.3 Å². The fraction of sp³-hybridized carbons (Fsp3) is 0.300. The van der Waals surface area contributed by atoms with E-state index in [1.807, 2.05) is 12.1 Å². The lowest BCUT2D eigenvalue weighted by Gasteiger charge is -2.10. The van der Waals surface area contributed by atoms with Gasteiger partial charge in [0.25, 0.3) is 5.91 Å². The van der Waals surface area contributed by atoms with Gasteiger partial charge in [0.1, 0.15) is 5.75 Å². The standard InChI is InChI=1S/C20H23N3O6/c1-4-13(2)15-5-7-16(8-6-15)29-12-19(24)22-21-11-14-9-17(23(26)27)20(25)18(10-14)28-3/h5-11,13,25H,4,12H2,1-3H3,(H,22,24)/t13-/m1/s1. The van der Waals surface area contributed by atoms with E-state index in [9.17, 15) is 20.0 Å². The fourth-order valence-corrected chi connectivity index (χ4v) is 2.47. The van der Waals surface area contributed by atoms with E-state index in [4.69, 9.17) is 9.47 Å². The van der Waals surface area contributed by atoms with Crippen LogP contribution >= 0.6 is 0 Å². The number of hydrogen-bond donors (Lipinski definition) is 2. The van der Waals surface area contributed by atoms with Crippen molar-refractivity contribution in [2.24, 2.45) is 5.10 Å². The zero-order chi connectivity index (χ0) is 21.4. The Morgan fingerprint density at radius 3 is 2.62 bits per heavy atom. The van der Waals surface area contributed by atoms with Crippen molar-refractivity contribution in [1.82, 2.24) is 5.43 Å². The maximum absolute atomic E-state index is 11.9. The van der Waals surface area contributed by atoms with Crippen molar-refractivity contribution in [3.8, 4) is 17.2 Å². The van der Waals surface area contributed by atoms with Gasteiger partial charge in [-0.1, -0.05) is 26.0 Å². The first-order valence-corrected chi connectivity index (χ1v) is 8.95. The number of hydrogen-bond acceptors (Lipinski definition) is 7. The number of nitro benzene ring substituents is 1. The Kier molecular flexibility index (Phi) is 7.53. The third-order valence-electron chi connectivity index (χ3n) is 4.33. The molecule has 0 saturated heterocycles. The summed E-state index contributed by atoms with van der Waals surface area (Å²) in [5.74, 6) is -0.124. The topological polar surface area (TPSA) is 123 Å². The highest BCUT2D eigenvalue weighted by Gasteiger charge is 2.19. The largest absolute Gasteiger partial charge is 0.500 e. The smallest absolute Gasteiger partial charge is 0.315 e. The van der Waals surface area contributed by atoms with E-state index in [-0.39, 0.29) is 17.9 Å². The van der Waals surface area contributed by atoms with Gasteiger partial charge in [0.2, 0.25) is 5.75 Å². The van der Waals surface area contributed by atoms with Crippen LogP contribution in [0.15, 0.2) is 41.5 Å². The normalized spacial score (nSPS) is 11.8. The van der Waals surface area contributed by atoms with Crippen LogP contribution < -0.4 is 14.9 Å². The number of phenolic OH excluding ortho intramolecular Hbond substituents is 1. The predicted molar refractivity (Wildman–Crippen MR) is 108 cm³/mol. The van der Waals surface area contributed by atoms with Crippen molar-refractivity contribution < 1.29 is 24.3 Å². The maximum atomic E-state index is 11.9. The summed E-state index contributed by atoms with van der Waals surface area (Å²) >= 11 is 0. The summed E-state index contributed by atoms with van der Waals surface area (Å²) in [5.41, 5.74) is 3.22. The molecule has 0 aliphatic rings. The van der Waals surface area contributed by atoms with Gasteiger partial charge in [-0.05, 0) is 36.1 Å². The van der Waals surface area contributed by atoms with Gasteiger partial charge in [0.15, 0.2) is 12.4 Å². The molecule has 9 heteroatoms. The first kappa shape index (κ1) is 21.7. The molecule has 9 nitrogen and oxygen atoms in total. The molecular weight excluding hydrogens is 378 g/mol. The molecule has 2 aromatic carbocycles. The number of rotatable bonds is 9. The van der Waals surface area contributed by atoms with Gasteiger partial charge in [-0.25, -0.2) is 5.43 Å². The minimum Gasteiger partial charge on any atom is -0.500 e. The Morgan fingerprint density at radius 2 is 2.03 bits per heavy atom. The van der Waals surface area contributed by atoms with E-state index in [0.29, 0.717) is 11.7 Å². The summed E-state index contributed by atoms with van der Waals surface area (Å²) < 4.78 is 10.3. The SMILES string of the molecule is CC[C@@H](C)c1ccc(OCC(=O)NN=Cc2cc(OC)c(O)c([N+](=O)[O-])c2)cc1. The number of hydrazone groups is 1. The Morgan fingerprint density at radius 1 is 1.34 bits per heavy atom. The van der Waals surface area contributed by atoms with E-state index in [0.717, 1.165) is 12.5 Å². The van der Waals surface area contributed by atoms with Gasteiger partial charge in [0.05, 0.1) is 18.2 Å². The maximum Gasteiger partial charge on any atom is 0.315 e. The molecule has 2 aromatic rings. The Balaban J connectivity index is 1.93. The lowest BCUT2D eigenvalue weighted by molar-refractivity contribution is -0.386. The second-order valence-electron chi connectivity index (χ2n) is 6.31. The van der Waals surface area contributed by atoms with Crippen LogP contribution in [-0.2, 0) is 4.79 Å². The molecule has 0 aliphatic carbocycles. The number of aromatic hydroxyl groups is 1. The number of nitrogens with zero attached hydrogens (tertiary/aromatic N) is 2. The highest BCUT2D eigenvalue weighted by atomic mass is 16.6. The third-order valence-corrected chi connectivity index (χ3v) is 4.33. The van der Waals surface area contributed by atoms with E-state index in [1.54, 1.807) is 12.1 Å². The predicted octanol–water partition coefficient (Wildman–Crippen LogP) is 3.35. The summed E-state index contributed by atoms with van der Waals surface area (Å²) in [5, 5.41) is 24.5. The van der Waals surface area contributed by atoms with Crippen molar-refractivity contribution in [3.63, 3.8) is 0 Å². The van der Waals surface area contributed by atoms with Crippen LogP contribution in [-0.4, -0.2) is 35.9 Å². The number of carbonyl (C=O) groups excluding carboxylic acids is 1. The molecule has 0 radical (unpaired) electrons. The molecule has 0 heterocycles. The van der Waals surface area contributed by atoms with Crippen LogP contribution in [0.5, 0.6) is 17.2 Å². The molecule has 0 aliphatic heterocycles. The van der Waals surface area contributed by atoms with Crippen molar-refractivity contribution in [2.45, 2.75) is 26.2 Å². The van der Waals surface area contributed by atoms with Crippen molar-refractivity contribution in [2.75, 3.05) is 13.7 Å². The van der Waals surface area contributed by atoms with Gasteiger partial charge in [-0.3, -0.25) is 14.9 Å². The van der Waals surface area contributed by atoms with Gasteiger partial charge < -0.3 is 14.6 Å². The monoisotopic (exact) mass is 401 g/mol. The number of phenols is 1. The van der Waals surface area contributed by atoms with Crippen molar-refractivity contribution in [1.29, 1.82) is 0 Å². The summed E-state index contributed by atoms with van der Waals surface area (Å²) in [4.78, 5) is 22.1. The molecule has 0 unspecified atom stereocenters. The molecule has 0 fully saturated rings. The van der Waals surface area contributed by atoms with Crippen LogP contribution in [0.4, 0.5) is 5.69 Å². The average molecular weight is 401 g/mol. The van der Waals surface area contributed by atoms with E-state index in [1.165, 1.54) is 25.0 Å². The van der Waals surface area contributed by atoms with Gasteiger partial charge >= 0.3 is 5.69 Å². The highest BCUT2D eigenvalue weighted by molar-refractivity contribution is 5.85. The Labute approximate surface area is 168 Å². The lowest BCUT2D eigenvalue weighted by atomic mass is 9.99. The molecule has 29 heavy (non-hydrogen) atoms. The molecule has 0 spiro atoms. The van der Waals surface area contributed by atoms with Crippen molar-refractivity contribution in [3.05, 3.63) is 57.6 Å². The first-order chi connectivity index (χ1) is 13.8. The number of methoxy groups -OCH3 is 1. The third kappa shape index (κ3) is 5.93. The highest BCUT2D eigenvalue weighted by Crippen LogP contribution is 2.36. The van der Waals surface area contributed by atoms with Crippen LogP contribution in [0.3, 0.4) is 0 Å². The molecule has 0 saturated carbocycles. The second-order valence-corrected chi connectivity index (χ2v) is 6.31. The van der Waals surface area contributed by atoms with Crippen LogP contribution in [0, 0.1) is 10.1 Å². The Bertz CT molecular complexity index is 896. The number of nitrogens with one attached hydrogen (secondary N) is 1. The number of ether oxygens (including phenoxy) is 2. The molecule has 1 amide bonds. The number of benzene rings is 2. The minimum absolute atomic E-state index is 0.0730. The Hall–Kier alpha value is -3.62. The minimum atomic E-state index is -0.742. The van der Waals surface area contributed by atoms with Crippen LogP contribution in [0.2, 0.25) is 0 Å². The van der Waals surface area contributed by atoms with E-state index in [2.05, 4.69) is 24.4 Å². The molecule has 2 N–H and O–H groups in total. The molecule has 0 aromatic heterocycles. The van der Waals surface area contributed by atoms with Gasteiger partial charge in [-0.15, -0.1) is 0 Å². The first-order valence-electron chi connectivity index (χ1n) is 8.95. The summed E-state index contributed by atoms with van der Waals surface area (Å²) in [6, 6.07) is 10.0. The molecule has 0 bridgehead atoms. The van der Waals surface area contributed by atoms with E-state index < -0.39 is 22.3 Å². The van der Waals surface area contributed by atoms with Crippen molar-refractivity contribution >= 4 is 17.8 Å². The quantitative estimate of drug-likeness (QED) is 0.377. The number of nitro groups is 1. The van der Waals surface area contributed by atoms with Gasteiger partial charge in [-0.2, -0.15) is 5.10 Å². The molecule has 2 rings (SSSR count). The molecule has 1 atom stereocenters. The second kappa shape index (κ2) is 10.1. The summed E-state index contributed by atoms with van der Waals surface area (Å²) in [6.07, 6.45) is 2.24. The number of amides is 1.